The highest BCUT2D eigenvalue weighted by molar-refractivity contribution is 5.48. The van der Waals surface area contributed by atoms with Crippen molar-refractivity contribution in [3.8, 4) is 11.8 Å². The van der Waals surface area contributed by atoms with Crippen LogP contribution in [0.15, 0.2) is 18.2 Å². The van der Waals surface area contributed by atoms with Gasteiger partial charge in [0.15, 0.2) is 0 Å². The summed E-state index contributed by atoms with van der Waals surface area (Å²) in [6, 6.07) is 4.69. The van der Waals surface area contributed by atoms with Gasteiger partial charge in [-0.15, -0.1) is 0 Å². The third-order valence-corrected chi connectivity index (χ3v) is 1.92. The molecule has 0 aliphatic heterocycles. The molecular formula is C11H12N2O2. The lowest BCUT2D eigenvalue weighted by Crippen LogP contribution is -2.04. The molecule has 4 nitrogen and oxygen atoms in total. The molecule has 0 heterocycles. The monoisotopic (exact) mass is 204 g/mol. The number of nitrogens with one attached hydrogen (secondary N) is 1. The first-order valence-electron chi connectivity index (χ1n) is 4.53. The van der Waals surface area contributed by atoms with Crippen molar-refractivity contribution < 1.29 is 4.92 Å². The molecule has 0 fully saturated rings. The molecule has 0 bridgehead atoms. The third kappa shape index (κ3) is 3.08. The van der Waals surface area contributed by atoms with Crippen LogP contribution in [0, 0.1) is 28.9 Å². The number of nitro benzene ring substituents is 1. The zero-order valence-corrected chi connectivity index (χ0v) is 8.70. The van der Waals surface area contributed by atoms with E-state index in [4.69, 9.17) is 0 Å². The number of hydrogen-bond acceptors (Lipinski definition) is 3. The predicted molar refractivity (Wildman–Crippen MR) is 58.6 cm³/mol. The van der Waals surface area contributed by atoms with Gasteiger partial charge in [-0.1, -0.05) is 17.9 Å². The Morgan fingerprint density at radius 3 is 2.87 bits per heavy atom. The quantitative estimate of drug-likeness (QED) is 0.451. The van der Waals surface area contributed by atoms with Gasteiger partial charge in [-0.05, 0) is 19.5 Å². The summed E-state index contributed by atoms with van der Waals surface area (Å²) in [6.07, 6.45) is 0. The maximum atomic E-state index is 10.5. The topological polar surface area (TPSA) is 55.2 Å². The molecule has 4 heteroatoms. The molecule has 0 saturated heterocycles. The van der Waals surface area contributed by atoms with Gasteiger partial charge in [0.25, 0.3) is 5.69 Å². The van der Waals surface area contributed by atoms with Crippen LogP contribution in [0.1, 0.15) is 11.1 Å². The van der Waals surface area contributed by atoms with Crippen LogP contribution in [0.4, 0.5) is 5.69 Å². The minimum Gasteiger partial charge on any atom is -0.309 e. The first-order valence-corrected chi connectivity index (χ1v) is 4.53. The molecule has 0 radical (unpaired) electrons. The van der Waals surface area contributed by atoms with Crippen molar-refractivity contribution in [2.45, 2.75) is 6.92 Å². The number of non-ortho nitro benzene ring substituents is 1. The van der Waals surface area contributed by atoms with Gasteiger partial charge in [-0.3, -0.25) is 10.1 Å². The van der Waals surface area contributed by atoms with Crippen molar-refractivity contribution in [3.05, 3.63) is 39.4 Å². The number of hydrogen-bond donors (Lipinski definition) is 1. The van der Waals surface area contributed by atoms with Crippen molar-refractivity contribution >= 4 is 5.69 Å². The first-order chi connectivity index (χ1) is 7.15. The van der Waals surface area contributed by atoms with E-state index in [1.807, 2.05) is 6.92 Å². The molecule has 0 spiro atoms. The summed E-state index contributed by atoms with van der Waals surface area (Å²) >= 11 is 0. The number of rotatable bonds is 2. The molecule has 0 amide bonds. The van der Waals surface area contributed by atoms with Crippen molar-refractivity contribution in [2.75, 3.05) is 13.6 Å². The number of nitrogens with zero attached hydrogens (tertiary/aromatic N) is 1. The summed E-state index contributed by atoms with van der Waals surface area (Å²) < 4.78 is 0. The third-order valence-electron chi connectivity index (χ3n) is 1.92. The lowest BCUT2D eigenvalue weighted by molar-refractivity contribution is -0.384. The second-order valence-corrected chi connectivity index (χ2v) is 3.09. The maximum Gasteiger partial charge on any atom is 0.270 e. The van der Waals surface area contributed by atoms with Crippen LogP contribution in [0.5, 0.6) is 0 Å². The Morgan fingerprint density at radius 1 is 1.53 bits per heavy atom. The van der Waals surface area contributed by atoms with Gasteiger partial charge < -0.3 is 5.32 Å². The SMILES string of the molecule is CNCC#Cc1cc([N+](=O)[O-])ccc1C. The maximum absolute atomic E-state index is 10.5. The van der Waals surface area contributed by atoms with Gasteiger partial charge in [-0.25, -0.2) is 0 Å². The fourth-order valence-electron chi connectivity index (χ4n) is 1.09. The zero-order valence-electron chi connectivity index (χ0n) is 8.70. The standard InChI is InChI=1S/C11H12N2O2/c1-9-5-6-11(13(14)15)8-10(9)4-3-7-12-2/h5-6,8,12H,7H2,1-2H3. The Labute approximate surface area is 88.5 Å². The highest BCUT2D eigenvalue weighted by Gasteiger charge is 2.06. The molecule has 0 saturated carbocycles. The summed E-state index contributed by atoms with van der Waals surface area (Å²) in [6.45, 7) is 2.45. The Kier molecular flexibility index (Phi) is 3.83. The Bertz CT molecular complexity index is 430. The Morgan fingerprint density at radius 2 is 2.27 bits per heavy atom. The van der Waals surface area contributed by atoms with E-state index in [-0.39, 0.29) is 5.69 Å². The minimum absolute atomic E-state index is 0.0781. The summed E-state index contributed by atoms with van der Waals surface area (Å²) in [5, 5.41) is 13.4. The number of benzene rings is 1. The number of nitro groups is 1. The second-order valence-electron chi connectivity index (χ2n) is 3.09. The smallest absolute Gasteiger partial charge is 0.270 e. The summed E-state index contributed by atoms with van der Waals surface area (Å²) in [7, 11) is 1.80. The van der Waals surface area contributed by atoms with Crippen LogP contribution in [-0.2, 0) is 0 Å². The summed E-state index contributed by atoms with van der Waals surface area (Å²) in [5.74, 6) is 5.77. The van der Waals surface area contributed by atoms with Crippen molar-refractivity contribution in [2.24, 2.45) is 0 Å². The van der Waals surface area contributed by atoms with Crippen LogP contribution >= 0.6 is 0 Å². The van der Waals surface area contributed by atoms with Gasteiger partial charge in [0.1, 0.15) is 0 Å². The fraction of sp³-hybridized carbons (Fsp3) is 0.273. The largest absolute Gasteiger partial charge is 0.309 e. The Hall–Kier alpha value is -1.86. The lowest BCUT2D eigenvalue weighted by atomic mass is 10.1. The molecule has 1 aromatic rings. The molecule has 0 aromatic heterocycles. The molecule has 15 heavy (non-hydrogen) atoms. The average Bonchev–Trinajstić information content (AvgIpc) is 2.20. The van der Waals surface area contributed by atoms with Gasteiger partial charge >= 0.3 is 0 Å². The fourth-order valence-corrected chi connectivity index (χ4v) is 1.09. The van der Waals surface area contributed by atoms with Crippen LogP contribution in [0.2, 0.25) is 0 Å². The van der Waals surface area contributed by atoms with E-state index in [1.54, 1.807) is 13.1 Å². The molecule has 1 aromatic carbocycles. The van der Waals surface area contributed by atoms with Gasteiger partial charge in [0, 0.05) is 17.7 Å². The molecule has 0 aliphatic rings. The van der Waals surface area contributed by atoms with E-state index in [1.165, 1.54) is 12.1 Å². The van der Waals surface area contributed by atoms with E-state index < -0.39 is 4.92 Å². The van der Waals surface area contributed by atoms with E-state index in [9.17, 15) is 10.1 Å². The molecule has 78 valence electrons. The van der Waals surface area contributed by atoms with Crippen molar-refractivity contribution in [3.63, 3.8) is 0 Å². The molecular weight excluding hydrogens is 192 g/mol. The minimum atomic E-state index is -0.414. The van der Waals surface area contributed by atoms with E-state index in [2.05, 4.69) is 17.2 Å². The van der Waals surface area contributed by atoms with E-state index in [0.29, 0.717) is 12.1 Å². The highest BCUT2D eigenvalue weighted by Crippen LogP contribution is 2.16. The van der Waals surface area contributed by atoms with Gasteiger partial charge in [-0.2, -0.15) is 0 Å². The van der Waals surface area contributed by atoms with Crippen LogP contribution in [0.3, 0.4) is 0 Å². The molecule has 1 N–H and O–H groups in total. The Balaban J connectivity index is 3.02. The van der Waals surface area contributed by atoms with E-state index >= 15 is 0 Å². The zero-order chi connectivity index (χ0) is 11.3. The predicted octanol–water partition coefficient (Wildman–Crippen LogP) is 1.47. The number of aryl methyl sites for hydroxylation is 1. The molecule has 0 atom stereocenters. The van der Waals surface area contributed by atoms with Crippen LogP contribution < -0.4 is 5.32 Å². The normalized spacial score (nSPS) is 9.20. The lowest BCUT2D eigenvalue weighted by Gasteiger charge is -1.97. The summed E-state index contributed by atoms with van der Waals surface area (Å²) in [4.78, 5) is 10.1. The van der Waals surface area contributed by atoms with Crippen LogP contribution in [-0.4, -0.2) is 18.5 Å². The second kappa shape index (κ2) is 5.13. The van der Waals surface area contributed by atoms with Gasteiger partial charge in [0.05, 0.1) is 11.5 Å². The first kappa shape index (κ1) is 11.2. The molecule has 1 rings (SSSR count). The molecule has 0 unspecified atom stereocenters. The average molecular weight is 204 g/mol. The van der Waals surface area contributed by atoms with Gasteiger partial charge in [0.2, 0.25) is 0 Å². The van der Waals surface area contributed by atoms with Crippen LogP contribution in [0.25, 0.3) is 0 Å². The summed E-state index contributed by atoms with van der Waals surface area (Å²) in [5.41, 5.74) is 1.73. The van der Waals surface area contributed by atoms with Crippen molar-refractivity contribution in [1.29, 1.82) is 0 Å². The molecule has 0 aliphatic carbocycles. The highest BCUT2D eigenvalue weighted by atomic mass is 16.6. The van der Waals surface area contributed by atoms with E-state index in [0.717, 1.165) is 5.56 Å². The van der Waals surface area contributed by atoms with Crippen molar-refractivity contribution in [1.82, 2.24) is 5.32 Å².